The first-order valence-electron chi connectivity index (χ1n) is 19.6. The van der Waals surface area contributed by atoms with E-state index < -0.39 is 0 Å². The molecule has 274 valence electrons. The van der Waals surface area contributed by atoms with Crippen LogP contribution < -0.4 is 0 Å². The standard InChI is InChI=1S/C53H31N5O/c54-30-33-26-28-34(29-27-33)36-31-55-53(56-32-36)49-47(35-14-2-1-3-15-35)52-48(41-20-8-13-25-46(41)59-52)50(57-42-21-9-4-16-37(42)38-17-5-10-22-43(38)57)51(49)58-44-23-11-6-18-39(44)40-19-7-12-24-45(40)58/h1-29,31-32H. The number of benzene rings is 8. The van der Waals surface area contributed by atoms with E-state index in [0.717, 1.165) is 105 Å². The number of fused-ring (bicyclic) bond motifs is 9. The first-order chi connectivity index (χ1) is 29.3. The number of nitriles is 1. The van der Waals surface area contributed by atoms with Gasteiger partial charge in [0.15, 0.2) is 5.82 Å². The summed E-state index contributed by atoms with van der Waals surface area (Å²) in [6, 6.07) is 63.2. The second-order valence-corrected chi connectivity index (χ2v) is 14.8. The summed E-state index contributed by atoms with van der Waals surface area (Å²) >= 11 is 0. The van der Waals surface area contributed by atoms with Crippen LogP contribution >= 0.6 is 0 Å². The van der Waals surface area contributed by atoms with E-state index in [1.807, 2.05) is 48.8 Å². The molecule has 0 atom stereocenters. The zero-order valence-electron chi connectivity index (χ0n) is 31.5. The largest absolute Gasteiger partial charge is 0.455 e. The van der Waals surface area contributed by atoms with Crippen LogP contribution in [-0.2, 0) is 0 Å². The van der Waals surface area contributed by atoms with Gasteiger partial charge < -0.3 is 13.6 Å². The van der Waals surface area contributed by atoms with Gasteiger partial charge in [-0.3, -0.25) is 0 Å². The molecule has 12 rings (SSSR count). The predicted molar refractivity (Wildman–Crippen MR) is 239 cm³/mol. The van der Waals surface area contributed by atoms with Gasteiger partial charge in [-0.05, 0) is 53.6 Å². The Bertz CT molecular complexity index is 3550. The van der Waals surface area contributed by atoms with E-state index in [1.165, 1.54) is 0 Å². The summed E-state index contributed by atoms with van der Waals surface area (Å²) in [6.07, 6.45) is 3.77. The number of furan rings is 1. The van der Waals surface area contributed by atoms with Crippen LogP contribution in [-0.4, -0.2) is 19.1 Å². The Kier molecular flexibility index (Phi) is 7.19. The molecule has 0 spiro atoms. The van der Waals surface area contributed by atoms with E-state index in [1.54, 1.807) is 0 Å². The molecule has 6 nitrogen and oxygen atoms in total. The first-order valence-corrected chi connectivity index (χ1v) is 19.6. The molecule has 59 heavy (non-hydrogen) atoms. The molecule has 0 bridgehead atoms. The van der Waals surface area contributed by atoms with Crippen LogP contribution in [0.15, 0.2) is 193 Å². The van der Waals surface area contributed by atoms with Gasteiger partial charge in [-0.25, -0.2) is 9.97 Å². The van der Waals surface area contributed by atoms with E-state index in [4.69, 9.17) is 14.4 Å². The van der Waals surface area contributed by atoms with Crippen LogP contribution in [0.1, 0.15) is 5.56 Å². The molecule has 4 aromatic heterocycles. The van der Waals surface area contributed by atoms with Gasteiger partial charge in [0.05, 0.1) is 56.0 Å². The van der Waals surface area contributed by atoms with Gasteiger partial charge in [0.1, 0.15) is 11.2 Å². The molecule has 0 radical (unpaired) electrons. The van der Waals surface area contributed by atoms with Crippen LogP contribution in [0.5, 0.6) is 0 Å². The number of hydrogen-bond acceptors (Lipinski definition) is 4. The zero-order chi connectivity index (χ0) is 39.0. The Morgan fingerprint density at radius 1 is 0.424 bits per heavy atom. The first kappa shape index (κ1) is 32.9. The number of para-hydroxylation sites is 5. The predicted octanol–water partition coefficient (Wildman–Crippen LogP) is 13.4. The second-order valence-electron chi connectivity index (χ2n) is 14.8. The Morgan fingerprint density at radius 3 is 1.44 bits per heavy atom. The van der Waals surface area contributed by atoms with Crippen LogP contribution in [0.25, 0.3) is 111 Å². The van der Waals surface area contributed by atoms with Crippen molar-refractivity contribution in [2.75, 3.05) is 0 Å². The van der Waals surface area contributed by atoms with E-state index in [-0.39, 0.29) is 0 Å². The Balaban J connectivity index is 1.35. The molecule has 8 aromatic carbocycles. The molecule has 0 aliphatic carbocycles. The molecule has 12 aromatic rings. The van der Waals surface area contributed by atoms with Crippen LogP contribution in [0.2, 0.25) is 0 Å². The summed E-state index contributed by atoms with van der Waals surface area (Å²) in [7, 11) is 0. The highest BCUT2D eigenvalue weighted by molar-refractivity contribution is 6.22. The van der Waals surface area contributed by atoms with E-state index in [0.29, 0.717) is 11.4 Å². The van der Waals surface area contributed by atoms with Crippen molar-refractivity contribution < 1.29 is 4.42 Å². The number of hydrogen-bond donors (Lipinski definition) is 0. The SMILES string of the molecule is N#Cc1ccc(-c2cnc(-c3c(-n4c5ccccc5c5ccccc54)c(-n4c5ccccc5c5ccccc54)c4c(oc5ccccc54)c3-c3ccccc3)nc2)cc1. The minimum absolute atomic E-state index is 0.558. The third-order valence-electron chi connectivity index (χ3n) is 11.7. The van der Waals surface area contributed by atoms with Gasteiger partial charge in [0, 0.05) is 50.5 Å². The van der Waals surface area contributed by atoms with Gasteiger partial charge in [-0.2, -0.15) is 5.26 Å². The molecular formula is C53H31N5O. The monoisotopic (exact) mass is 753 g/mol. The lowest BCUT2D eigenvalue weighted by atomic mass is 9.92. The Hall–Kier alpha value is -8.27. The summed E-state index contributed by atoms with van der Waals surface area (Å²) in [5, 5.41) is 16.1. The van der Waals surface area contributed by atoms with E-state index >= 15 is 0 Å². The zero-order valence-corrected chi connectivity index (χ0v) is 31.5. The number of aromatic nitrogens is 4. The molecule has 0 aliphatic rings. The smallest absolute Gasteiger partial charge is 0.162 e. The van der Waals surface area contributed by atoms with Crippen molar-refractivity contribution in [2.45, 2.75) is 0 Å². The summed E-state index contributed by atoms with van der Waals surface area (Å²) in [5.74, 6) is 0.558. The van der Waals surface area contributed by atoms with Crippen molar-refractivity contribution in [2.24, 2.45) is 0 Å². The van der Waals surface area contributed by atoms with E-state index in [2.05, 4.69) is 155 Å². The molecule has 0 N–H and O–H groups in total. The Labute approximate surface area is 338 Å². The lowest BCUT2D eigenvalue weighted by Crippen LogP contribution is -2.09. The highest BCUT2D eigenvalue weighted by Crippen LogP contribution is 2.52. The lowest BCUT2D eigenvalue weighted by molar-refractivity contribution is 0.670. The maximum absolute atomic E-state index is 9.46. The fourth-order valence-electron chi connectivity index (χ4n) is 9.13. The average Bonchev–Trinajstić information content (AvgIpc) is 3.97. The molecule has 0 unspecified atom stereocenters. The number of nitrogens with zero attached hydrogens (tertiary/aromatic N) is 5. The topological polar surface area (TPSA) is 72.6 Å². The summed E-state index contributed by atoms with van der Waals surface area (Å²) in [4.78, 5) is 10.5. The van der Waals surface area contributed by atoms with Crippen LogP contribution in [0.3, 0.4) is 0 Å². The fourth-order valence-corrected chi connectivity index (χ4v) is 9.13. The van der Waals surface area contributed by atoms with Crippen molar-refractivity contribution in [1.82, 2.24) is 19.1 Å². The molecule has 6 heteroatoms. The van der Waals surface area contributed by atoms with Crippen molar-refractivity contribution >= 4 is 65.6 Å². The normalized spacial score (nSPS) is 11.7. The minimum Gasteiger partial charge on any atom is -0.455 e. The Morgan fingerprint density at radius 2 is 0.898 bits per heavy atom. The molecule has 0 amide bonds. The molecule has 0 fully saturated rings. The van der Waals surface area contributed by atoms with Crippen LogP contribution in [0, 0.1) is 11.3 Å². The van der Waals surface area contributed by atoms with Crippen molar-refractivity contribution in [3.05, 3.63) is 194 Å². The van der Waals surface area contributed by atoms with Crippen molar-refractivity contribution in [3.63, 3.8) is 0 Å². The maximum atomic E-state index is 9.46. The second kappa shape index (κ2) is 12.9. The third kappa shape index (κ3) is 4.86. The molecule has 0 aliphatic heterocycles. The summed E-state index contributed by atoms with van der Waals surface area (Å²) in [6.45, 7) is 0. The highest BCUT2D eigenvalue weighted by atomic mass is 16.3. The molecule has 0 saturated heterocycles. The van der Waals surface area contributed by atoms with Crippen molar-refractivity contribution in [3.8, 4) is 51.1 Å². The quantitative estimate of drug-likeness (QED) is 0.175. The highest BCUT2D eigenvalue weighted by Gasteiger charge is 2.32. The van der Waals surface area contributed by atoms with Gasteiger partial charge in [0.2, 0.25) is 0 Å². The summed E-state index contributed by atoms with van der Waals surface area (Å²) < 4.78 is 12.0. The van der Waals surface area contributed by atoms with Gasteiger partial charge in [-0.15, -0.1) is 0 Å². The number of rotatable bonds is 5. The summed E-state index contributed by atoms with van der Waals surface area (Å²) in [5.41, 5.74) is 12.9. The molecular weight excluding hydrogens is 723 g/mol. The van der Waals surface area contributed by atoms with Crippen molar-refractivity contribution in [1.29, 1.82) is 5.26 Å². The lowest BCUT2D eigenvalue weighted by Gasteiger charge is -2.24. The minimum atomic E-state index is 0.558. The third-order valence-corrected chi connectivity index (χ3v) is 11.7. The van der Waals surface area contributed by atoms with Gasteiger partial charge >= 0.3 is 0 Å². The van der Waals surface area contributed by atoms with E-state index in [9.17, 15) is 5.26 Å². The van der Waals surface area contributed by atoms with Gasteiger partial charge in [-0.1, -0.05) is 133 Å². The maximum Gasteiger partial charge on any atom is 0.162 e. The fraction of sp³-hybridized carbons (Fsp3) is 0. The van der Waals surface area contributed by atoms with Gasteiger partial charge in [0.25, 0.3) is 0 Å². The average molecular weight is 754 g/mol. The molecule has 0 saturated carbocycles. The van der Waals surface area contributed by atoms with Crippen LogP contribution in [0.4, 0.5) is 0 Å². The molecule has 4 heterocycles.